The zero-order valence-electron chi connectivity index (χ0n) is 11.1. The van der Waals surface area contributed by atoms with Crippen LogP contribution in [0.25, 0.3) is 10.1 Å². The monoisotopic (exact) mass is 314 g/mol. The lowest BCUT2D eigenvalue weighted by molar-refractivity contribution is 0.0740. The molecule has 0 unspecified atom stereocenters. The van der Waals surface area contributed by atoms with Crippen molar-refractivity contribution in [3.8, 4) is 0 Å². The standard InChI is InChI=1S/C14H15FN2OS.ClH/c1-9-11-8-10(15)2-3-12(11)19-13(9)14(18)17-6-4-16-5-7-17;/h2-3,8,16H,4-7H2,1H3;1H. The zero-order valence-corrected chi connectivity index (χ0v) is 12.7. The second-order valence-electron chi connectivity index (χ2n) is 4.74. The highest BCUT2D eigenvalue weighted by Crippen LogP contribution is 2.32. The highest BCUT2D eigenvalue weighted by atomic mass is 35.5. The van der Waals surface area contributed by atoms with Gasteiger partial charge in [-0.3, -0.25) is 4.79 Å². The Labute approximate surface area is 127 Å². The van der Waals surface area contributed by atoms with Crippen molar-refractivity contribution in [3.63, 3.8) is 0 Å². The molecule has 2 heterocycles. The van der Waals surface area contributed by atoms with Gasteiger partial charge >= 0.3 is 0 Å². The van der Waals surface area contributed by atoms with Gasteiger partial charge in [0, 0.05) is 30.9 Å². The normalized spacial score (nSPS) is 15.2. The van der Waals surface area contributed by atoms with Crippen LogP contribution in [0, 0.1) is 12.7 Å². The Bertz CT molecular complexity index is 637. The molecule has 6 heteroatoms. The second-order valence-corrected chi connectivity index (χ2v) is 5.79. The van der Waals surface area contributed by atoms with Crippen LogP contribution in [-0.4, -0.2) is 37.0 Å². The third-order valence-corrected chi connectivity index (χ3v) is 4.76. The molecule has 0 radical (unpaired) electrons. The van der Waals surface area contributed by atoms with Crippen molar-refractivity contribution >= 4 is 39.7 Å². The third kappa shape index (κ3) is 2.66. The quantitative estimate of drug-likeness (QED) is 0.878. The number of nitrogens with zero attached hydrogens (tertiary/aromatic N) is 1. The zero-order chi connectivity index (χ0) is 13.4. The Morgan fingerprint density at radius 2 is 2.05 bits per heavy atom. The Balaban J connectivity index is 0.00000147. The average molecular weight is 315 g/mol. The van der Waals surface area contributed by atoms with Gasteiger partial charge in [-0.05, 0) is 36.1 Å². The first kappa shape index (κ1) is 15.2. The van der Waals surface area contributed by atoms with Crippen molar-refractivity contribution in [1.29, 1.82) is 0 Å². The number of aryl methyl sites for hydroxylation is 1. The lowest BCUT2D eigenvalue weighted by Gasteiger charge is -2.27. The molecule has 20 heavy (non-hydrogen) atoms. The number of amides is 1. The minimum Gasteiger partial charge on any atom is -0.335 e. The van der Waals surface area contributed by atoms with Gasteiger partial charge in [-0.2, -0.15) is 0 Å². The number of thiophene rings is 1. The maximum Gasteiger partial charge on any atom is 0.264 e. The van der Waals surface area contributed by atoms with E-state index in [1.54, 1.807) is 6.07 Å². The van der Waals surface area contributed by atoms with E-state index in [1.165, 1.54) is 23.5 Å². The lowest BCUT2D eigenvalue weighted by Crippen LogP contribution is -2.46. The summed E-state index contributed by atoms with van der Waals surface area (Å²) in [4.78, 5) is 15.1. The first-order chi connectivity index (χ1) is 9.16. The molecule has 0 saturated carbocycles. The Morgan fingerprint density at radius 3 is 2.75 bits per heavy atom. The molecule has 1 aromatic heterocycles. The SMILES string of the molecule is Cc1c(C(=O)N2CCNCC2)sc2ccc(F)cc12.Cl. The van der Waals surface area contributed by atoms with Crippen molar-refractivity contribution < 1.29 is 9.18 Å². The summed E-state index contributed by atoms with van der Waals surface area (Å²) in [5, 5.41) is 4.08. The molecule has 1 fully saturated rings. The van der Waals surface area contributed by atoms with E-state index >= 15 is 0 Å². The summed E-state index contributed by atoms with van der Waals surface area (Å²) in [7, 11) is 0. The number of rotatable bonds is 1. The minimum atomic E-state index is -0.255. The summed E-state index contributed by atoms with van der Waals surface area (Å²) in [5.74, 6) is -0.185. The Hall–Kier alpha value is -1.17. The molecule has 3 nitrogen and oxygen atoms in total. The van der Waals surface area contributed by atoms with E-state index in [-0.39, 0.29) is 24.1 Å². The summed E-state index contributed by atoms with van der Waals surface area (Å²) < 4.78 is 14.3. The molecule has 0 spiro atoms. The van der Waals surface area contributed by atoms with Crippen LogP contribution in [0.3, 0.4) is 0 Å². The fourth-order valence-electron chi connectivity index (χ4n) is 2.41. The summed E-state index contributed by atoms with van der Waals surface area (Å²) in [6, 6.07) is 4.70. The van der Waals surface area contributed by atoms with E-state index in [2.05, 4.69) is 5.32 Å². The third-order valence-electron chi connectivity index (χ3n) is 3.50. The van der Waals surface area contributed by atoms with Gasteiger partial charge in [0.1, 0.15) is 5.82 Å². The van der Waals surface area contributed by atoms with Crippen molar-refractivity contribution in [1.82, 2.24) is 10.2 Å². The highest BCUT2D eigenvalue weighted by Gasteiger charge is 2.22. The van der Waals surface area contributed by atoms with Crippen LogP contribution in [0.1, 0.15) is 15.2 Å². The van der Waals surface area contributed by atoms with Gasteiger partial charge in [0.25, 0.3) is 5.91 Å². The predicted molar refractivity (Wildman–Crippen MR) is 82.5 cm³/mol. The fraction of sp³-hybridized carbons (Fsp3) is 0.357. The second kappa shape index (κ2) is 6.08. The molecule has 0 aliphatic carbocycles. The number of halogens is 2. The molecule has 1 saturated heterocycles. The van der Waals surface area contributed by atoms with Gasteiger partial charge in [-0.25, -0.2) is 4.39 Å². The van der Waals surface area contributed by atoms with Crippen LogP contribution in [0.15, 0.2) is 18.2 Å². The minimum absolute atomic E-state index is 0. The van der Waals surface area contributed by atoms with Crippen molar-refractivity contribution in [2.75, 3.05) is 26.2 Å². The van der Waals surface area contributed by atoms with Crippen LogP contribution in [0.2, 0.25) is 0 Å². The smallest absolute Gasteiger partial charge is 0.264 e. The lowest BCUT2D eigenvalue weighted by atomic mass is 10.1. The summed E-state index contributed by atoms with van der Waals surface area (Å²) in [6.07, 6.45) is 0. The number of carbonyl (C=O) groups excluding carboxylic acids is 1. The average Bonchev–Trinajstić information content (AvgIpc) is 2.76. The van der Waals surface area contributed by atoms with Crippen molar-refractivity contribution in [3.05, 3.63) is 34.5 Å². The van der Waals surface area contributed by atoms with E-state index < -0.39 is 0 Å². The van der Waals surface area contributed by atoms with E-state index in [1.807, 2.05) is 11.8 Å². The van der Waals surface area contributed by atoms with Gasteiger partial charge in [-0.1, -0.05) is 0 Å². The number of hydrogen-bond donors (Lipinski definition) is 1. The topological polar surface area (TPSA) is 32.3 Å². The number of piperazine rings is 1. The molecule has 1 aromatic carbocycles. The molecule has 1 aliphatic rings. The van der Waals surface area contributed by atoms with E-state index in [0.29, 0.717) is 0 Å². The maximum atomic E-state index is 13.3. The van der Waals surface area contributed by atoms with Crippen molar-refractivity contribution in [2.45, 2.75) is 6.92 Å². The molecule has 1 amide bonds. The number of hydrogen-bond acceptors (Lipinski definition) is 3. The van der Waals surface area contributed by atoms with Crippen LogP contribution in [-0.2, 0) is 0 Å². The predicted octanol–water partition coefficient (Wildman–Crippen LogP) is 2.82. The van der Waals surface area contributed by atoms with Crippen molar-refractivity contribution in [2.24, 2.45) is 0 Å². The van der Waals surface area contributed by atoms with Gasteiger partial charge in [-0.15, -0.1) is 23.7 Å². The molecule has 0 bridgehead atoms. The molecule has 1 N–H and O–H groups in total. The van der Waals surface area contributed by atoms with Crippen LogP contribution >= 0.6 is 23.7 Å². The van der Waals surface area contributed by atoms with Gasteiger partial charge in [0.05, 0.1) is 4.88 Å². The van der Waals surface area contributed by atoms with Gasteiger partial charge in [0.15, 0.2) is 0 Å². The largest absolute Gasteiger partial charge is 0.335 e. The number of fused-ring (bicyclic) bond motifs is 1. The summed E-state index contributed by atoms with van der Waals surface area (Å²) in [6.45, 7) is 5.05. The Morgan fingerprint density at radius 1 is 1.35 bits per heavy atom. The van der Waals surface area contributed by atoms with E-state index in [9.17, 15) is 9.18 Å². The number of carbonyl (C=O) groups is 1. The molecule has 3 rings (SSSR count). The van der Waals surface area contributed by atoms with E-state index in [0.717, 1.165) is 46.7 Å². The summed E-state index contributed by atoms with van der Waals surface area (Å²) >= 11 is 1.46. The molecular weight excluding hydrogens is 299 g/mol. The van der Waals surface area contributed by atoms with Gasteiger partial charge in [0.2, 0.25) is 0 Å². The molecule has 2 aromatic rings. The van der Waals surface area contributed by atoms with Gasteiger partial charge < -0.3 is 10.2 Å². The molecular formula is C14H16ClFN2OS. The fourth-order valence-corrected chi connectivity index (χ4v) is 3.57. The summed E-state index contributed by atoms with van der Waals surface area (Å²) in [5.41, 5.74) is 0.892. The number of nitrogens with one attached hydrogen (secondary N) is 1. The van der Waals surface area contributed by atoms with Crippen LogP contribution in [0.4, 0.5) is 4.39 Å². The maximum absolute atomic E-state index is 13.3. The highest BCUT2D eigenvalue weighted by molar-refractivity contribution is 7.21. The first-order valence-electron chi connectivity index (χ1n) is 6.35. The van der Waals surface area contributed by atoms with Crippen LogP contribution in [0.5, 0.6) is 0 Å². The molecule has 1 aliphatic heterocycles. The molecule has 0 atom stereocenters. The Kier molecular flexibility index (Phi) is 4.62. The number of benzene rings is 1. The van der Waals surface area contributed by atoms with Crippen LogP contribution < -0.4 is 5.32 Å². The first-order valence-corrected chi connectivity index (χ1v) is 7.17. The van der Waals surface area contributed by atoms with E-state index in [4.69, 9.17) is 0 Å². The molecule has 108 valence electrons.